The summed E-state index contributed by atoms with van der Waals surface area (Å²) in [6.07, 6.45) is 2.69. The summed E-state index contributed by atoms with van der Waals surface area (Å²) >= 11 is 0. The van der Waals surface area contributed by atoms with Gasteiger partial charge in [0.1, 0.15) is 0 Å². The number of nitrogens with zero attached hydrogens (tertiary/aromatic N) is 1. The van der Waals surface area contributed by atoms with Gasteiger partial charge in [0, 0.05) is 18.5 Å². The Labute approximate surface area is 52.9 Å². The van der Waals surface area contributed by atoms with Crippen molar-refractivity contribution in [3.63, 3.8) is 0 Å². The smallest absolute Gasteiger partial charge is 0.417 e. The van der Waals surface area contributed by atoms with E-state index in [9.17, 15) is 4.79 Å². The van der Waals surface area contributed by atoms with Gasteiger partial charge in [-0.25, -0.2) is 4.79 Å². The number of aromatic nitrogens is 1. The van der Waals surface area contributed by atoms with E-state index < -0.39 is 6.09 Å². The van der Waals surface area contributed by atoms with Crippen molar-refractivity contribution < 1.29 is 9.53 Å². The first kappa shape index (κ1) is 5.88. The Morgan fingerprint density at radius 1 is 1.78 bits per heavy atom. The van der Waals surface area contributed by atoms with E-state index in [1.807, 2.05) is 0 Å². The van der Waals surface area contributed by atoms with Gasteiger partial charge in [-0.2, -0.15) is 0 Å². The number of methoxy groups -OCH3 is 1. The highest BCUT2D eigenvalue weighted by Crippen LogP contribution is 1.89. The maximum atomic E-state index is 10.6. The average molecular weight is 124 g/mol. The first-order valence-corrected chi connectivity index (χ1v) is 2.47. The Morgan fingerprint density at radius 2 is 2.56 bits per heavy atom. The van der Waals surface area contributed by atoms with Crippen LogP contribution in [0, 0.1) is 6.07 Å². The number of hydrogen-bond acceptors (Lipinski definition) is 2. The molecule has 1 rings (SSSR count). The van der Waals surface area contributed by atoms with E-state index >= 15 is 0 Å². The Bertz CT molecular complexity index is 191. The molecule has 0 aromatic carbocycles. The van der Waals surface area contributed by atoms with Crippen LogP contribution in [0.1, 0.15) is 0 Å². The van der Waals surface area contributed by atoms with Gasteiger partial charge in [0.05, 0.1) is 7.11 Å². The van der Waals surface area contributed by atoms with Crippen LogP contribution in [-0.2, 0) is 4.74 Å². The lowest BCUT2D eigenvalue weighted by Crippen LogP contribution is -2.07. The zero-order chi connectivity index (χ0) is 6.69. The lowest BCUT2D eigenvalue weighted by Gasteiger charge is -1.95. The molecule has 1 aromatic rings. The third-order valence-electron chi connectivity index (χ3n) is 0.930. The van der Waals surface area contributed by atoms with E-state index in [-0.39, 0.29) is 0 Å². The minimum absolute atomic E-state index is 0.392. The third kappa shape index (κ3) is 1.10. The monoisotopic (exact) mass is 124 g/mol. The van der Waals surface area contributed by atoms with Gasteiger partial charge < -0.3 is 4.74 Å². The Morgan fingerprint density at radius 3 is 3.00 bits per heavy atom. The molecule has 0 fully saturated rings. The zero-order valence-corrected chi connectivity index (χ0v) is 5.00. The van der Waals surface area contributed by atoms with Gasteiger partial charge in [-0.3, -0.25) is 4.57 Å². The predicted molar refractivity (Wildman–Crippen MR) is 31.1 cm³/mol. The second-order valence-corrected chi connectivity index (χ2v) is 1.49. The molecule has 0 bridgehead atoms. The topological polar surface area (TPSA) is 31.2 Å². The van der Waals surface area contributed by atoms with Gasteiger partial charge in [0.15, 0.2) is 0 Å². The van der Waals surface area contributed by atoms with Gasteiger partial charge >= 0.3 is 6.09 Å². The summed E-state index contributed by atoms with van der Waals surface area (Å²) in [7, 11) is 1.34. The SMILES string of the molecule is COC(=O)n1c[c]cc1. The Hall–Kier alpha value is -1.25. The van der Waals surface area contributed by atoms with Gasteiger partial charge in [-0.05, 0) is 6.07 Å². The lowest BCUT2D eigenvalue weighted by atomic mass is 10.7. The second-order valence-electron chi connectivity index (χ2n) is 1.49. The molecule has 0 saturated heterocycles. The summed E-state index contributed by atoms with van der Waals surface area (Å²) in [5, 5.41) is 0. The van der Waals surface area contributed by atoms with Crippen LogP contribution in [0.2, 0.25) is 0 Å². The van der Waals surface area contributed by atoms with Gasteiger partial charge in [-0.1, -0.05) is 0 Å². The van der Waals surface area contributed by atoms with Crippen LogP contribution < -0.4 is 0 Å². The van der Waals surface area contributed by atoms with Crippen LogP contribution in [0.25, 0.3) is 0 Å². The zero-order valence-electron chi connectivity index (χ0n) is 5.00. The molecule has 0 aliphatic heterocycles. The first-order valence-electron chi connectivity index (χ1n) is 2.47. The molecule has 0 atom stereocenters. The minimum Gasteiger partial charge on any atom is -0.452 e. The fourth-order valence-corrected chi connectivity index (χ4v) is 0.509. The van der Waals surface area contributed by atoms with Crippen molar-refractivity contribution in [1.82, 2.24) is 4.57 Å². The minimum atomic E-state index is -0.392. The van der Waals surface area contributed by atoms with Crippen LogP contribution in [0.15, 0.2) is 18.5 Å². The molecule has 0 aliphatic carbocycles. The van der Waals surface area contributed by atoms with Crippen LogP contribution in [-0.4, -0.2) is 17.8 Å². The lowest BCUT2D eigenvalue weighted by molar-refractivity contribution is 0.173. The van der Waals surface area contributed by atoms with Crippen molar-refractivity contribution in [3.05, 3.63) is 24.5 Å². The van der Waals surface area contributed by atoms with Crippen molar-refractivity contribution in [2.75, 3.05) is 7.11 Å². The molecule has 3 nitrogen and oxygen atoms in total. The predicted octanol–water partition coefficient (Wildman–Crippen LogP) is 0.903. The second kappa shape index (κ2) is 2.35. The molecule has 0 unspecified atom stereocenters. The van der Waals surface area contributed by atoms with Crippen molar-refractivity contribution in [2.24, 2.45) is 0 Å². The standard InChI is InChI=1S/C6H6NO2/c1-9-6(8)7-4-2-3-5-7/h2,4-5H,1H3. The number of hydrogen-bond donors (Lipinski definition) is 0. The molecular weight excluding hydrogens is 118 g/mol. The summed E-state index contributed by atoms with van der Waals surface area (Å²) in [5.74, 6) is 0. The number of ether oxygens (including phenoxy) is 1. The normalized spacial score (nSPS) is 9.00. The Kier molecular flexibility index (Phi) is 1.53. The molecule has 3 heteroatoms. The molecule has 1 radical (unpaired) electrons. The highest BCUT2D eigenvalue weighted by molar-refractivity contribution is 5.69. The van der Waals surface area contributed by atoms with Crippen molar-refractivity contribution in [3.8, 4) is 0 Å². The highest BCUT2D eigenvalue weighted by Gasteiger charge is 1.97. The highest BCUT2D eigenvalue weighted by atomic mass is 16.5. The molecule has 0 amide bonds. The van der Waals surface area contributed by atoms with Gasteiger partial charge in [0.25, 0.3) is 0 Å². The van der Waals surface area contributed by atoms with Crippen LogP contribution >= 0.6 is 0 Å². The van der Waals surface area contributed by atoms with E-state index in [4.69, 9.17) is 0 Å². The average Bonchev–Trinajstić information content (AvgIpc) is 2.37. The van der Waals surface area contributed by atoms with Gasteiger partial charge in [-0.15, -0.1) is 0 Å². The van der Waals surface area contributed by atoms with Gasteiger partial charge in [0.2, 0.25) is 0 Å². The summed E-state index contributed by atoms with van der Waals surface area (Å²) in [6.45, 7) is 0. The van der Waals surface area contributed by atoms with Crippen molar-refractivity contribution in [1.29, 1.82) is 0 Å². The van der Waals surface area contributed by atoms with E-state index in [0.717, 1.165) is 0 Å². The number of carbonyl (C=O) groups is 1. The fourth-order valence-electron chi connectivity index (χ4n) is 0.509. The molecule has 0 saturated carbocycles. The number of carbonyl (C=O) groups excluding carboxylic acids is 1. The van der Waals surface area contributed by atoms with Crippen LogP contribution in [0.3, 0.4) is 0 Å². The largest absolute Gasteiger partial charge is 0.452 e. The van der Waals surface area contributed by atoms with E-state index in [1.165, 1.54) is 17.9 Å². The molecule has 9 heavy (non-hydrogen) atoms. The molecule has 1 aromatic heterocycles. The maximum Gasteiger partial charge on any atom is 0.417 e. The quantitative estimate of drug-likeness (QED) is 0.514. The third-order valence-corrected chi connectivity index (χ3v) is 0.930. The van der Waals surface area contributed by atoms with Crippen LogP contribution in [0.5, 0.6) is 0 Å². The summed E-state index contributed by atoms with van der Waals surface area (Å²) in [4.78, 5) is 10.6. The van der Waals surface area contributed by atoms with Crippen molar-refractivity contribution >= 4 is 6.09 Å². The first-order chi connectivity index (χ1) is 4.34. The summed E-state index contributed by atoms with van der Waals surface area (Å²) in [5.41, 5.74) is 0. The number of rotatable bonds is 0. The van der Waals surface area contributed by atoms with E-state index in [1.54, 1.807) is 12.3 Å². The molecule has 1 heterocycles. The molecule has 0 N–H and O–H groups in total. The molecule has 0 spiro atoms. The molecule has 47 valence electrons. The van der Waals surface area contributed by atoms with Crippen LogP contribution in [0.4, 0.5) is 4.79 Å². The van der Waals surface area contributed by atoms with E-state index in [0.29, 0.717) is 0 Å². The Balaban J connectivity index is 2.77. The maximum absolute atomic E-state index is 10.6. The summed E-state index contributed by atoms with van der Waals surface area (Å²) < 4.78 is 5.70. The fraction of sp³-hybridized carbons (Fsp3) is 0.167. The van der Waals surface area contributed by atoms with Crippen molar-refractivity contribution in [2.45, 2.75) is 0 Å². The summed E-state index contributed by atoms with van der Waals surface area (Å²) in [6, 6.07) is 4.34. The molecule has 0 aliphatic rings. The molecular formula is C6H6NO2. The van der Waals surface area contributed by atoms with E-state index in [2.05, 4.69) is 10.8 Å².